The van der Waals surface area contributed by atoms with E-state index in [0.29, 0.717) is 22.3 Å². The standard InChI is InChI=1S/C24H31FN2O4/c1-6-31-22(29)11-20(26-4)19-9-16(7-15(3)24(19)25)23-14(2)8-17(10-21(23)28)27-12-18(13-27)30-5/h7-10,18,20,26,28H,6,11-13H2,1-5H3/t20-/m0/s1. The summed E-state index contributed by atoms with van der Waals surface area (Å²) in [7, 11) is 3.38. The largest absolute Gasteiger partial charge is 0.507 e. The van der Waals surface area contributed by atoms with Gasteiger partial charge in [-0.05, 0) is 62.7 Å². The number of aryl methyl sites for hydroxylation is 2. The van der Waals surface area contributed by atoms with Gasteiger partial charge in [-0.25, -0.2) is 4.39 Å². The molecule has 0 amide bonds. The predicted octanol–water partition coefficient (Wildman–Crippen LogP) is 3.86. The number of aromatic hydroxyl groups is 1. The predicted molar refractivity (Wildman–Crippen MR) is 119 cm³/mol. The number of rotatable bonds is 8. The molecule has 0 unspecified atom stereocenters. The van der Waals surface area contributed by atoms with Crippen molar-refractivity contribution in [1.82, 2.24) is 5.32 Å². The average molecular weight is 431 g/mol. The van der Waals surface area contributed by atoms with Crippen LogP contribution in [0.15, 0.2) is 24.3 Å². The fraction of sp³-hybridized carbons (Fsp3) is 0.458. The molecule has 2 N–H and O–H groups in total. The van der Waals surface area contributed by atoms with Crippen LogP contribution >= 0.6 is 0 Å². The van der Waals surface area contributed by atoms with Crippen molar-refractivity contribution < 1.29 is 23.8 Å². The Labute approximate surface area is 183 Å². The zero-order valence-electron chi connectivity index (χ0n) is 18.8. The molecule has 0 aliphatic carbocycles. The Balaban J connectivity index is 1.97. The normalized spacial score (nSPS) is 15.0. The van der Waals surface area contributed by atoms with Gasteiger partial charge in [0.2, 0.25) is 0 Å². The molecule has 0 bridgehead atoms. The van der Waals surface area contributed by atoms with E-state index < -0.39 is 12.0 Å². The van der Waals surface area contributed by atoms with Gasteiger partial charge in [0.25, 0.3) is 0 Å². The van der Waals surface area contributed by atoms with E-state index in [4.69, 9.17) is 9.47 Å². The Morgan fingerprint density at radius 2 is 1.97 bits per heavy atom. The van der Waals surface area contributed by atoms with E-state index in [0.717, 1.165) is 24.3 Å². The molecule has 1 saturated heterocycles. The summed E-state index contributed by atoms with van der Waals surface area (Å²) in [5, 5.41) is 13.8. The molecule has 1 aliphatic rings. The van der Waals surface area contributed by atoms with E-state index in [1.54, 1.807) is 46.2 Å². The molecular formula is C24H31FN2O4. The number of hydrogen-bond acceptors (Lipinski definition) is 6. The highest BCUT2D eigenvalue weighted by atomic mass is 19.1. The van der Waals surface area contributed by atoms with Gasteiger partial charge in [-0.15, -0.1) is 0 Å². The number of nitrogens with zero attached hydrogens (tertiary/aromatic N) is 1. The second kappa shape index (κ2) is 9.66. The molecular weight excluding hydrogens is 399 g/mol. The van der Waals surface area contributed by atoms with Crippen LogP contribution in [0.25, 0.3) is 11.1 Å². The van der Waals surface area contributed by atoms with Crippen LogP contribution in [0, 0.1) is 19.7 Å². The van der Waals surface area contributed by atoms with Gasteiger partial charge in [0, 0.05) is 49.1 Å². The minimum atomic E-state index is -0.536. The first-order chi connectivity index (χ1) is 14.8. The molecule has 1 fully saturated rings. The van der Waals surface area contributed by atoms with E-state index in [1.807, 2.05) is 13.0 Å². The molecule has 1 heterocycles. The molecule has 1 atom stereocenters. The lowest BCUT2D eigenvalue weighted by molar-refractivity contribution is -0.143. The number of hydrogen-bond donors (Lipinski definition) is 2. The van der Waals surface area contributed by atoms with Gasteiger partial charge >= 0.3 is 5.97 Å². The molecule has 7 heteroatoms. The molecule has 6 nitrogen and oxygen atoms in total. The Hall–Kier alpha value is -2.64. The average Bonchev–Trinajstić information content (AvgIpc) is 2.67. The number of ether oxygens (including phenoxy) is 2. The van der Waals surface area contributed by atoms with Crippen molar-refractivity contribution in [1.29, 1.82) is 0 Å². The number of halogens is 1. The van der Waals surface area contributed by atoms with Crippen molar-refractivity contribution in [2.24, 2.45) is 0 Å². The van der Waals surface area contributed by atoms with Crippen LogP contribution in [0.3, 0.4) is 0 Å². The van der Waals surface area contributed by atoms with E-state index >= 15 is 0 Å². The smallest absolute Gasteiger partial charge is 0.307 e. The molecule has 0 aromatic heterocycles. The van der Waals surface area contributed by atoms with E-state index in [1.165, 1.54) is 0 Å². The quantitative estimate of drug-likeness (QED) is 0.620. The second-order valence-electron chi connectivity index (χ2n) is 7.97. The lowest BCUT2D eigenvalue weighted by atomic mass is 9.91. The van der Waals surface area contributed by atoms with Crippen LogP contribution in [0.2, 0.25) is 0 Å². The first-order valence-electron chi connectivity index (χ1n) is 10.5. The molecule has 3 rings (SSSR count). The Morgan fingerprint density at radius 1 is 1.26 bits per heavy atom. The molecule has 1 aliphatic heterocycles. The highest BCUT2D eigenvalue weighted by molar-refractivity contribution is 5.78. The number of methoxy groups -OCH3 is 1. The topological polar surface area (TPSA) is 71.0 Å². The molecule has 2 aromatic carbocycles. The monoisotopic (exact) mass is 430 g/mol. The Kier molecular flexibility index (Phi) is 7.18. The van der Waals surface area contributed by atoms with Crippen LogP contribution in [-0.2, 0) is 14.3 Å². The summed E-state index contributed by atoms with van der Waals surface area (Å²) >= 11 is 0. The van der Waals surface area contributed by atoms with Gasteiger partial charge < -0.3 is 24.8 Å². The third-order valence-corrected chi connectivity index (χ3v) is 5.82. The van der Waals surface area contributed by atoms with Crippen LogP contribution in [0.1, 0.15) is 36.1 Å². The molecule has 168 valence electrons. The fourth-order valence-electron chi connectivity index (χ4n) is 4.05. The number of phenols is 1. The number of carbonyl (C=O) groups excluding carboxylic acids is 1. The fourth-order valence-corrected chi connectivity index (χ4v) is 4.05. The van der Waals surface area contributed by atoms with Gasteiger partial charge in [0.15, 0.2) is 0 Å². The van der Waals surface area contributed by atoms with Crippen LogP contribution in [0.4, 0.5) is 10.1 Å². The maximum absolute atomic E-state index is 15.0. The summed E-state index contributed by atoms with van der Waals surface area (Å²) < 4.78 is 25.3. The number of phenolic OH excluding ortho intramolecular Hbond substituents is 1. The summed E-state index contributed by atoms with van der Waals surface area (Å²) in [5.74, 6) is -0.622. The number of carbonyl (C=O) groups is 1. The molecule has 31 heavy (non-hydrogen) atoms. The van der Waals surface area contributed by atoms with Gasteiger partial charge in [-0.2, -0.15) is 0 Å². The Bertz CT molecular complexity index is 934. The summed E-state index contributed by atoms with van der Waals surface area (Å²) in [6.45, 7) is 7.20. The lowest BCUT2D eigenvalue weighted by Gasteiger charge is -2.40. The van der Waals surface area contributed by atoms with E-state index in [2.05, 4.69) is 10.2 Å². The molecule has 0 radical (unpaired) electrons. The highest BCUT2D eigenvalue weighted by Crippen LogP contribution is 2.39. The van der Waals surface area contributed by atoms with Gasteiger partial charge in [0.05, 0.1) is 19.1 Å². The van der Waals surface area contributed by atoms with Crippen molar-refractivity contribution >= 4 is 11.7 Å². The SMILES string of the molecule is CCOC(=O)C[C@H](NC)c1cc(-c2c(C)cc(N3CC(OC)C3)cc2O)cc(C)c1F. The third kappa shape index (κ3) is 4.83. The van der Waals surface area contributed by atoms with Gasteiger partial charge in [0.1, 0.15) is 11.6 Å². The van der Waals surface area contributed by atoms with Crippen molar-refractivity contribution in [3.05, 3.63) is 46.8 Å². The first-order valence-corrected chi connectivity index (χ1v) is 10.5. The van der Waals surface area contributed by atoms with Crippen molar-refractivity contribution in [3.63, 3.8) is 0 Å². The molecule has 2 aromatic rings. The summed E-state index contributed by atoms with van der Waals surface area (Å²) in [6.07, 6.45) is 0.228. The summed E-state index contributed by atoms with van der Waals surface area (Å²) in [4.78, 5) is 14.1. The van der Waals surface area contributed by atoms with Crippen molar-refractivity contribution in [2.45, 2.75) is 39.3 Å². The van der Waals surface area contributed by atoms with Crippen molar-refractivity contribution in [3.8, 4) is 16.9 Å². The first kappa shape index (κ1) is 23.0. The minimum Gasteiger partial charge on any atom is -0.507 e. The minimum absolute atomic E-state index is 0.0175. The Morgan fingerprint density at radius 3 is 2.55 bits per heavy atom. The zero-order valence-corrected chi connectivity index (χ0v) is 18.8. The highest BCUT2D eigenvalue weighted by Gasteiger charge is 2.28. The zero-order chi connectivity index (χ0) is 22.7. The maximum Gasteiger partial charge on any atom is 0.307 e. The number of anilines is 1. The van der Waals surface area contributed by atoms with Crippen LogP contribution < -0.4 is 10.2 Å². The molecule has 0 spiro atoms. The van der Waals surface area contributed by atoms with Gasteiger partial charge in [-0.3, -0.25) is 4.79 Å². The third-order valence-electron chi connectivity index (χ3n) is 5.82. The van der Waals surface area contributed by atoms with Gasteiger partial charge in [-0.1, -0.05) is 0 Å². The number of benzene rings is 2. The van der Waals surface area contributed by atoms with E-state index in [9.17, 15) is 14.3 Å². The van der Waals surface area contributed by atoms with E-state index in [-0.39, 0.29) is 30.7 Å². The summed E-state index contributed by atoms with van der Waals surface area (Å²) in [6, 6.07) is 6.65. The lowest BCUT2D eigenvalue weighted by Crippen LogP contribution is -2.51. The maximum atomic E-state index is 15.0. The van der Waals surface area contributed by atoms with Crippen molar-refractivity contribution in [2.75, 3.05) is 38.8 Å². The van der Waals surface area contributed by atoms with Crippen LogP contribution in [-0.4, -0.2) is 51.0 Å². The number of nitrogens with one attached hydrogen (secondary N) is 1. The van der Waals surface area contributed by atoms with Crippen LogP contribution in [0.5, 0.6) is 5.75 Å². The second-order valence-corrected chi connectivity index (χ2v) is 7.97. The molecule has 0 saturated carbocycles. The number of esters is 1. The summed E-state index contributed by atoms with van der Waals surface area (Å²) in [5.41, 5.74) is 4.01.